The van der Waals surface area contributed by atoms with Crippen LogP contribution in [-0.4, -0.2) is 0 Å². The molecule has 0 nitrogen and oxygen atoms in total. The molecule has 0 amide bonds. The molecular formula is C12H26. The molecular weight excluding hydrogens is 144 g/mol. The predicted molar refractivity (Wildman–Crippen MR) is 57.4 cm³/mol. The normalized spacial score (nSPS) is 14.8. The summed E-state index contributed by atoms with van der Waals surface area (Å²) >= 11 is 0. The van der Waals surface area contributed by atoms with Gasteiger partial charge in [0.25, 0.3) is 0 Å². The average molecular weight is 170 g/mol. The van der Waals surface area contributed by atoms with Crippen LogP contribution in [0, 0.1) is 11.3 Å². The summed E-state index contributed by atoms with van der Waals surface area (Å²) in [6.45, 7) is 11.8. The van der Waals surface area contributed by atoms with Gasteiger partial charge in [0.1, 0.15) is 0 Å². The van der Waals surface area contributed by atoms with E-state index in [2.05, 4.69) is 34.6 Å². The van der Waals surface area contributed by atoms with Gasteiger partial charge in [-0.1, -0.05) is 53.9 Å². The zero-order chi connectivity index (χ0) is 9.61. The van der Waals surface area contributed by atoms with Gasteiger partial charge in [-0.25, -0.2) is 0 Å². The van der Waals surface area contributed by atoms with Crippen LogP contribution in [0.1, 0.15) is 66.7 Å². The summed E-state index contributed by atoms with van der Waals surface area (Å²) in [5.41, 5.74) is 0.609. The van der Waals surface area contributed by atoms with Crippen LogP contribution < -0.4 is 0 Å². The summed E-state index contributed by atoms with van der Waals surface area (Å²) < 4.78 is 0. The molecule has 12 heavy (non-hydrogen) atoms. The van der Waals surface area contributed by atoms with Crippen LogP contribution in [0.2, 0.25) is 0 Å². The Balaban J connectivity index is 4.15. The van der Waals surface area contributed by atoms with Crippen LogP contribution in [0.3, 0.4) is 0 Å². The fourth-order valence-corrected chi connectivity index (χ4v) is 2.25. The van der Waals surface area contributed by atoms with Crippen molar-refractivity contribution >= 4 is 0 Å². The number of rotatable bonds is 6. The minimum Gasteiger partial charge on any atom is -0.0654 e. The van der Waals surface area contributed by atoms with Gasteiger partial charge in [-0.2, -0.15) is 0 Å². The standard InChI is InChI=1S/C12H26/c1-6-9-12(5,10-7-2)11(4)8-3/h11H,6-10H2,1-5H3. The van der Waals surface area contributed by atoms with Crippen molar-refractivity contribution in [1.82, 2.24) is 0 Å². The van der Waals surface area contributed by atoms with Crippen LogP contribution in [0.5, 0.6) is 0 Å². The number of hydrogen-bond donors (Lipinski definition) is 0. The fourth-order valence-electron chi connectivity index (χ4n) is 2.25. The van der Waals surface area contributed by atoms with E-state index in [4.69, 9.17) is 0 Å². The van der Waals surface area contributed by atoms with Crippen molar-refractivity contribution in [3.63, 3.8) is 0 Å². The zero-order valence-electron chi connectivity index (χ0n) is 9.61. The predicted octanol–water partition coefficient (Wildman–Crippen LogP) is 4.64. The van der Waals surface area contributed by atoms with Gasteiger partial charge in [-0.15, -0.1) is 0 Å². The molecule has 0 saturated carbocycles. The highest BCUT2D eigenvalue weighted by molar-refractivity contribution is 4.78. The zero-order valence-corrected chi connectivity index (χ0v) is 9.61. The van der Waals surface area contributed by atoms with Crippen molar-refractivity contribution < 1.29 is 0 Å². The first kappa shape index (κ1) is 12.0. The third kappa shape index (κ3) is 3.16. The Morgan fingerprint density at radius 2 is 1.42 bits per heavy atom. The molecule has 0 heteroatoms. The Hall–Kier alpha value is 0. The Bertz CT molecular complexity index is 98.6. The molecule has 0 aliphatic carbocycles. The molecule has 0 spiro atoms. The summed E-state index contributed by atoms with van der Waals surface area (Å²) in [7, 11) is 0. The SMILES string of the molecule is CCCC(C)(CCC)C(C)CC. The lowest BCUT2D eigenvalue weighted by molar-refractivity contribution is 0.159. The average Bonchev–Trinajstić information content (AvgIpc) is 2.04. The minimum atomic E-state index is 0.609. The highest BCUT2D eigenvalue weighted by atomic mass is 14.3. The first-order valence-electron chi connectivity index (χ1n) is 5.60. The minimum absolute atomic E-state index is 0.609. The van der Waals surface area contributed by atoms with E-state index in [1.807, 2.05) is 0 Å². The smallest absolute Gasteiger partial charge is 0.0300 e. The van der Waals surface area contributed by atoms with Crippen LogP contribution in [-0.2, 0) is 0 Å². The van der Waals surface area contributed by atoms with E-state index in [1.165, 1.54) is 32.1 Å². The Kier molecular flexibility index (Phi) is 5.61. The van der Waals surface area contributed by atoms with Gasteiger partial charge in [0.15, 0.2) is 0 Å². The summed E-state index contributed by atoms with van der Waals surface area (Å²) in [5, 5.41) is 0. The molecule has 1 unspecified atom stereocenters. The van der Waals surface area contributed by atoms with Crippen LogP contribution in [0.4, 0.5) is 0 Å². The second-order valence-electron chi connectivity index (χ2n) is 4.46. The van der Waals surface area contributed by atoms with Gasteiger partial charge in [-0.3, -0.25) is 0 Å². The Morgan fingerprint density at radius 3 is 1.67 bits per heavy atom. The monoisotopic (exact) mass is 170 g/mol. The third-order valence-electron chi connectivity index (χ3n) is 3.44. The lowest BCUT2D eigenvalue weighted by atomic mass is 9.71. The van der Waals surface area contributed by atoms with Crippen molar-refractivity contribution in [2.24, 2.45) is 11.3 Å². The first-order chi connectivity index (χ1) is 5.60. The van der Waals surface area contributed by atoms with Gasteiger partial charge in [0.05, 0.1) is 0 Å². The van der Waals surface area contributed by atoms with E-state index >= 15 is 0 Å². The highest BCUT2D eigenvalue weighted by Gasteiger charge is 2.27. The van der Waals surface area contributed by atoms with Gasteiger partial charge in [0, 0.05) is 0 Å². The quantitative estimate of drug-likeness (QED) is 0.545. The summed E-state index contributed by atoms with van der Waals surface area (Å²) in [6.07, 6.45) is 6.80. The van der Waals surface area contributed by atoms with Crippen LogP contribution in [0.25, 0.3) is 0 Å². The third-order valence-corrected chi connectivity index (χ3v) is 3.44. The summed E-state index contributed by atoms with van der Waals surface area (Å²) in [4.78, 5) is 0. The largest absolute Gasteiger partial charge is 0.0654 e. The lowest BCUT2D eigenvalue weighted by Crippen LogP contribution is -2.24. The molecule has 0 radical (unpaired) electrons. The second-order valence-corrected chi connectivity index (χ2v) is 4.46. The Morgan fingerprint density at radius 1 is 1.00 bits per heavy atom. The topological polar surface area (TPSA) is 0 Å². The lowest BCUT2D eigenvalue weighted by Gasteiger charge is -2.35. The molecule has 0 heterocycles. The van der Waals surface area contributed by atoms with Crippen molar-refractivity contribution in [1.29, 1.82) is 0 Å². The van der Waals surface area contributed by atoms with E-state index in [0.29, 0.717) is 5.41 Å². The number of hydrogen-bond acceptors (Lipinski definition) is 0. The molecule has 0 aromatic carbocycles. The maximum Gasteiger partial charge on any atom is -0.0300 e. The van der Waals surface area contributed by atoms with E-state index in [1.54, 1.807) is 0 Å². The van der Waals surface area contributed by atoms with E-state index in [-0.39, 0.29) is 0 Å². The highest BCUT2D eigenvalue weighted by Crippen LogP contribution is 2.38. The van der Waals surface area contributed by atoms with E-state index < -0.39 is 0 Å². The van der Waals surface area contributed by atoms with E-state index in [9.17, 15) is 0 Å². The Labute approximate surface area is 78.8 Å². The molecule has 0 N–H and O–H groups in total. The molecule has 0 aromatic rings. The van der Waals surface area contributed by atoms with Crippen molar-refractivity contribution in [2.45, 2.75) is 66.7 Å². The van der Waals surface area contributed by atoms with Gasteiger partial charge in [0.2, 0.25) is 0 Å². The molecule has 74 valence electrons. The molecule has 0 aliphatic heterocycles. The maximum absolute atomic E-state index is 2.47. The van der Waals surface area contributed by atoms with Crippen LogP contribution >= 0.6 is 0 Å². The summed E-state index contributed by atoms with van der Waals surface area (Å²) in [5.74, 6) is 0.886. The van der Waals surface area contributed by atoms with Gasteiger partial charge in [-0.05, 0) is 24.2 Å². The molecule has 0 bridgehead atoms. The second kappa shape index (κ2) is 5.61. The van der Waals surface area contributed by atoms with Gasteiger partial charge < -0.3 is 0 Å². The molecule has 0 rings (SSSR count). The first-order valence-corrected chi connectivity index (χ1v) is 5.60. The maximum atomic E-state index is 2.47. The van der Waals surface area contributed by atoms with Crippen molar-refractivity contribution in [3.05, 3.63) is 0 Å². The van der Waals surface area contributed by atoms with Crippen molar-refractivity contribution in [2.75, 3.05) is 0 Å². The van der Waals surface area contributed by atoms with Gasteiger partial charge >= 0.3 is 0 Å². The fraction of sp³-hybridized carbons (Fsp3) is 1.00. The molecule has 0 saturated heterocycles. The van der Waals surface area contributed by atoms with Crippen molar-refractivity contribution in [3.8, 4) is 0 Å². The molecule has 1 atom stereocenters. The molecule has 0 aromatic heterocycles. The molecule has 0 fully saturated rings. The molecule has 0 aliphatic rings. The van der Waals surface area contributed by atoms with E-state index in [0.717, 1.165) is 5.92 Å². The summed E-state index contributed by atoms with van der Waals surface area (Å²) in [6, 6.07) is 0. The van der Waals surface area contributed by atoms with Crippen LogP contribution in [0.15, 0.2) is 0 Å².